The van der Waals surface area contributed by atoms with Crippen LogP contribution in [0.4, 0.5) is 5.69 Å². The Hall–Kier alpha value is -2.13. The molecule has 3 nitrogen and oxygen atoms in total. The molecule has 0 saturated heterocycles. The summed E-state index contributed by atoms with van der Waals surface area (Å²) in [6, 6.07) is 13.5. The molecular weight excluding hydrogens is 260 g/mol. The van der Waals surface area contributed by atoms with E-state index < -0.39 is 0 Å². The maximum atomic E-state index is 12.4. The van der Waals surface area contributed by atoms with E-state index in [0.717, 1.165) is 22.4 Å². The molecule has 0 aliphatic heterocycles. The fourth-order valence-corrected chi connectivity index (χ4v) is 2.32. The number of anilines is 1. The molecule has 2 aromatic carbocycles. The first-order chi connectivity index (χ1) is 10.0. The van der Waals surface area contributed by atoms with Crippen LogP contribution in [0.5, 0.6) is 0 Å². The molecule has 2 rings (SSSR count). The standard InChI is InChI=1S/C18H22N2O/c1-12(2)16-6-4-5-13(3)17(16)20-18(21)15-9-7-14(11-19)8-10-15/h4-10,12H,11,19H2,1-3H3,(H,20,21). The summed E-state index contributed by atoms with van der Waals surface area (Å²) in [5.41, 5.74) is 10.4. The van der Waals surface area contributed by atoms with Gasteiger partial charge in [0.2, 0.25) is 0 Å². The average Bonchev–Trinajstić information content (AvgIpc) is 2.49. The van der Waals surface area contributed by atoms with Gasteiger partial charge in [-0.1, -0.05) is 44.2 Å². The molecule has 21 heavy (non-hydrogen) atoms. The molecule has 0 spiro atoms. The van der Waals surface area contributed by atoms with E-state index in [4.69, 9.17) is 5.73 Å². The Morgan fingerprint density at radius 1 is 1.14 bits per heavy atom. The first kappa shape index (κ1) is 15.3. The summed E-state index contributed by atoms with van der Waals surface area (Å²) in [5.74, 6) is 0.273. The molecule has 0 aliphatic carbocycles. The highest BCUT2D eigenvalue weighted by Gasteiger charge is 2.13. The minimum atomic E-state index is -0.0882. The highest BCUT2D eigenvalue weighted by molar-refractivity contribution is 6.05. The molecule has 0 atom stereocenters. The van der Waals surface area contributed by atoms with Crippen molar-refractivity contribution in [2.75, 3.05) is 5.32 Å². The predicted octanol–water partition coefficient (Wildman–Crippen LogP) is 3.83. The largest absolute Gasteiger partial charge is 0.326 e. The minimum absolute atomic E-state index is 0.0882. The molecule has 0 aliphatic rings. The molecule has 2 aromatic rings. The summed E-state index contributed by atoms with van der Waals surface area (Å²) in [6.07, 6.45) is 0. The molecule has 3 heteroatoms. The third-order valence-corrected chi connectivity index (χ3v) is 3.62. The maximum Gasteiger partial charge on any atom is 0.255 e. The smallest absolute Gasteiger partial charge is 0.255 e. The Labute approximate surface area is 126 Å². The first-order valence-electron chi connectivity index (χ1n) is 7.22. The van der Waals surface area contributed by atoms with Crippen molar-refractivity contribution in [3.63, 3.8) is 0 Å². The number of carbonyl (C=O) groups excluding carboxylic acids is 1. The molecule has 0 heterocycles. The molecule has 0 unspecified atom stereocenters. The van der Waals surface area contributed by atoms with Crippen LogP contribution < -0.4 is 11.1 Å². The lowest BCUT2D eigenvalue weighted by Gasteiger charge is -2.16. The Balaban J connectivity index is 2.26. The summed E-state index contributed by atoms with van der Waals surface area (Å²) in [7, 11) is 0. The zero-order valence-corrected chi connectivity index (χ0v) is 12.8. The molecular formula is C18H22N2O. The zero-order valence-electron chi connectivity index (χ0n) is 12.8. The molecule has 0 bridgehead atoms. The van der Waals surface area contributed by atoms with E-state index in [1.807, 2.05) is 43.3 Å². The van der Waals surface area contributed by atoms with Crippen LogP contribution in [0.25, 0.3) is 0 Å². The second kappa shape index (κ2) is 6.55. The summed E-state index contributed by atoms with van der Waals surface area (Å²) in [6.45, 7) is 6.75. The monoisotopic (exact) mass is 282 g/mol. The summed E-state index contributed by atoms with van der Waals surface area (Å²) >= 11 is 0. The summed E-state index contributed by atoms with van der Waals surface area (Å²) in [5, 5.41) is 3.04. The van der Waals surface area contributed by atoms with Crippen LogP contribution in [0.15, 0.2) is 42.5 Å². The van der Waals surface area contributed by atoms with Crippen molar-refractivity contribution in [3.05, 3.63) is 64.7 Å². The van der Waals surface area contributed by atoms with Crippen molar-refractivity contribution in [1.29, 1.82) is 0 Å². The van der Waals surface area contributed by atoms with Gasteiger partial charge in [-0.25, -0.2) is 0 Å². The second-order valence-electron chi connectivity index (χ2n) is 5.55. The van der Waals surface area contributed by atoms with Crippen LogP contribution in [-0.4, -0.2) is 5.91 Å². The van der Waals surface area contributed by atoms with Gasteiger partial charge in [-0.3, -0.25) is 4.79 Å². The number of benzene rings is 2. The third kappa shape index (κ3) is 3.50. The molecule has 3 N–H and O–H groups in total. The number of amides is 1. The van der Waals surface area contributed by atoms with Crippen molar-refractivity contribution >= 4 is 11.6 Å². The van der Waals surface area contributed by atoms with Gasteiger partial charge in [-0.05, 0) is 41.7 Å². The molecule has 1 amide bonds. The van der Waals surface area contributed by atoms with Gasteiger partial charge >= 0.3 is 0 Å². The Bertz CT molecular complexity index is 630. The van der Waals surface area contributed by atoms with Crippen LogP contribution >= 0.6 is 0 Å². The van der Waals surface area contributed by atoms with Crippen LogP contribution in [-0.2, 0) is 6.54 Å². The predicted molar refractivity (Wildman–Crippen MR) is 87.6 cm³/mol. The molecule has 0 saturated carbocycles. The first-order valence-corrected chi connectivity index (χ1v) is 7.22. The van der Waals surface area contributed by atoms with E-state index in [1.165, 1.54) is 0 Å². The number of nitrogens with two attached hydrogens (primary N) is 1. The van der Waals surface area contributed by atoms with Gasteiger partial charge in [0.25, 0.3) is 5.91 Å². The number of hydrogen-bond acceptors (Lipinski definition) is 2. The Kier molecular flexibility index (Phi) is 4.76. The second-order valence-corrected chi connectivity index (χ2v) is 5.55. The summed E-state index contributed by atoms with van der Waals surface area (Å²) in [4.78, 5) is 12.4. The van der Waals surface area contributed by atoms with Gasteiger partial charge in [0.15, 0.2) is 0 Å². The van der Waals surface area contributed by atoms with Crippen LogP contribution in [0, 0.1) is 6.92 Å². The number of carbonyl (C=O) groups is 1. The van der Waals surface area contributed by atoms with E-state index in [0.29, 0.717) is 18.0 Å². The van der Waals surface area contributed by atoms with Gasteiger partial charge in [0, 0.05) is 17.8 Å². The van der Waals surface area contributed by atoms with Crippen LogP contribution in [0.2, 0.25) is 0 Å². The number of para-hydroxylation sites is 1. The lowest BCUT2D eigenvalue weighted by Crippen LogP contribution is -2.15. The van der Waals surface area contributed by atoms with Gasteiger partial charge in [0.1, 0.15) is 0 Å². The van der Waals surface area contributed by atoms with E-state index in [-0.39, 0.29) is 5.91 Å². The maximum absolute atomic E-state index is 12.4. The lowest BCUT2D eigenvalue weighted by molar-refractivity contribution is 0.102. The highest BCUT2D eigenvalue weighted by atomic mass is 16.1. The number of nitrogens with one attached hydrogen (secondary N) is 1. The molecule has 110 valence electrons. The number of aryl methyl sites for hydroxylation is 1. The van der Waals surface area contributed by atoms with Crippen LogP contribution in [0.3, 0.4) is 0 Å². The van der Waals surface area contributed by atoms with Crippen LogP contribution in [0.1, 0.15) is 46.8 Å². The lowest BCUT2D eigenvalue weighted by atomic mass is 9.98. The summed E-state index contributed by atoms with van der Waals surface area (Å²) < 4.78 is 0. The zero-order chi connectivity index (χ0) is 15.4. The van der Waals surface area contributed by atoms with Gasteiger partial charge in [-0.15, -0.1) is 0 Å². The fraction of sp³-hybridized carbons (Fsp3) is 0.278. The van der Waals surface area contributed by atoms with Crippen molar-refractivity contribution in [2.24, 2.45) is 5.73 Å². The van der Waals surface area contributed by atoms with Gasteiger partial charge in [0.05, 0.1) is 0 Å². The number of hydrogen-bond donors (Lipinski definition) is 2. The van der Waals surface area contributed by atoms with Crippen molar-refractivity contribution < 1.29 is 4.79 Å². The quantitative estimate of drug-likeness (QED) is 0.895. The van der Waals surface area contributed by atoms with Crippen molar-refractivity contribution in [1.82, 2.24) is 0 Å². The number of rotatable bonds is 4. The fourth-order valence-electron chi connectivity index (χ4n) is 2.32. The molecule has 0 aromatic heterocycles. The van der Waals surface area contributed by atoms with E-state index in [9.17, 15) is 4.79 Å². The third-order valence-electron chi connectivity index (χ3n) is 3.62. The molecule has 0 fully saturated rings. The van der Waals surface area contributed by atoms with E-state index in [2.05, 4.69) is 25.2 Å². The normalized spacial score (nSPS) is 10.7. The SMILES string of the molecule is Cc1cccc(C(C)C)c1NC(=O)c1ccc(CN)cc1. The van der Waals surface area contributed by atoms with Crippen molar-refractivity contribution in [2.45, 2.75) is 33.2 Å². The van der Waals surface area contributed by atoms with E-state index in [1.54, 1.807) is 0 Å². The van der Waals surface area contributed by atoms with E-state index >= 15 is 0 Å². The minimum Gasteiger partial charge on any atom is -0.326 e. The average molecular weight is 282 g/mol. The van der Waals surface area contributed by atoms with Gasteiger partial charge in [-0.2, -0.15) is 0 Å². The Morgan fingerprint density at radius 3 is 2.38 bits per heavy atom. The highest BCUT2D eigenvalue weighted by Crippen LogP contribution is 2.27. The van der Waals surface area contributed by atoms with Crippen molar-refractivity contribution in [3.8, 4) is 0 Å². The van der Waals surface area contributed by atoms with Gasteiger partial charge < -0.3 is 11.1 Å². The molecule has 0 radical (unpaired) electrons. The Morgan fingerprint density at radius 2 is 1.81 bits per heavy atom. The topological polar surface area (TPSA) is 55.1 Å².